The molecule has 5 heteroatoms. The number of phenolic OH excluding ortho intramolecular Hbond substituents is 1. The van der Waals surface area contributed by atoms with Crippen LogP contribution in [0.1, 0.15) is 10.4 Å². The summed E-state index contributed by atoms with van der Waals surface area (Å²) in [5.41, 5.74) is 0.561. The van der Waals surface area contributed by atoms with Crippen molar-refractivity contribution in [2.24, 2.45) is 0 Å². The van der Waals surface area contributed by atoms with Crippen molar-refractivity contribution in [1.29, 1.82) is 0 Å². The van der Waals surface area contributed by atoms with E-state index in [2.05, 4.69) is 0 Å². The third kappa shape index (κ3) is 2.06. The average Bonchev–Trinajstić information content (AvgIpc) is 2.39. The Morgan fingerprint density at radius 1 is 1.17 bits per heavy atom. The van der Waals surface area contributed by atoms with Crippen molar-refractivity contribution >= 4 is 12.0 Å². The highest BCUT2D eigenvalue weighted by atomic mass is 16.6. The Hall–Kier alpha value is -2.69. The zero-order valence-electron chi connectivity index (χ0n) is 9.24. The van der Waals surface area contributed by atoms with Gasteiger partial charge in [-0.15, -0.1) is 0 Å². The van der Waals surface area contributed by atoms with Crippen LogP contribution in [0.5, 0.6) is 5.75 Å². The van der Waals surface area contributed by atoms with Gasteiger partial charge in [0.15, 0.2) is 6.29 Å². The first-order valence-electron chi connectivity index (χ1n) is 5.15. The molecule has 0 radical (unpaired) electrons. The minimum absolute atomic E-state index is 0.0944. The lowest BCUT2D eigenvalue weighted by molar-refractivity contribution is -0.384. The van der Waals surface area contributed by atoms with Gasteiger partial charge in [-0.3, -0.25) is 14.9 Å². The number of non-ortho nitro benzene ring substituents is 1. The van der Waals surface area contributed by atoms with Crippen LogP contribution in [0, 0.1) is 10.1 Å². The lowest BCUT2D eigenvalue weighted by atomic mass is 10.0. The first kappa shape index (κ1) is 11.8. The largest absolute Gasteiger partial charge is 0.507 e. The van der Waals surface area contributed by atoms with E-state index in [1.54, 1.807) is 30.3 Å². The molecule has 90 valence electrons. The van der Waals surface area contributed by atoms with Gasteiger partial charge in [0, 0.05) is 17.7 Å². The summed E-state index contributed by atoms with van der Waals surface area (Å²) < 4.78 is 0. The summed E-state index contributed by atoms with van der Waals surface area (Å²) in [6.45, 7) is 0. The second-order valence-electron chi connectivity index (χ2n) is 3.67. The number of carbonyl (C=O) groups is 1. The van der Waals surface area contributed by atoms with E-state index in [0.717, 1.165) is 6.07 Å². The van der Waals surface area contributed by atoms with Gasteiger partial charge >= 0.3 is 0 Å². The van der Waals surface area contributed by atoms with Crippen molar-refractivity contribution in [3.05, 3.63) is 58.1 Å². The number of hydrogen-bond donors (Lipinski definition) is 1. The molecule has 0 aliphatic carbocycles. The average molecular weight is 243 g/mol. The Bertz CT molecular complexity index is 608. The summed E-state index contributed by atoms with van der Waals surface area (Å²) >= 11 is 0. The van der Waals surface area contributed by atoms with Crippen LogP contribution >= 0.6 is 0 Å². The first-order chi connectivity index (χ1) is 8.63. The minimum atomic E-state index is -0.598. The van der Waals surface area contributed by atoms with Crippen LogP contribution in [0.2, 0.25) is 0 Å². The molecule has 18 heavy (non-hydrogen) atoms. The van der Waals surface area contributed by atoms with Gasteiger partial charge in [-0.1, -0.05) is 30.3 Å². The molecule has 0 saturated carbocycles. The molecule has 0 saturated heterocycles. The van der Waals surface area contributed by atoms with Crippen molar-refractivity contribution in [3.8, 4) is 16.9 Å². The number of nitro benzene ring substituents is 1. The van der Waals surface area contributed by atoms with Crippen molar-refractivity contribution in [2.75, 3.05) is 0 Å². The van der Waals surface area contributed by atoms with E-state index in [1.807, 2.05) is 0 Å². The van der Waals surface area contributed by atoms with Crippen molar-refractivity contribution < 1.29 is 14.8 Å². The molecule has 0 unspecified atom stereocenters. The lowest BCUT2D eigenvalue weighted by Gasteiger charge is -2.06. The molecular weight excluding hydrogens is 234 g/mol. The van der Waals surface area contributed by atoms with E-state index in [0.29, 0.717) is 11.8 Å². The Labute approximate surface area is 102 Å². The molecule has 0 amide bonds. The van der Waals surface area contributed by atoms with Gasteiger partial charge in [0.05, 0.1) is 10.5 Å². The van der Waals surface area contributed by atoms with Crippen molar-refractivity contribution in [3.63, 3.8) is 0 Å². The van der Waals surface area contributed by atoms with Crippen LogP contribution in [0.3, 0.4) is 0 Å². The molecular formula is C13H9NO4. The van der Waals surface area contributed by atoms with Crippen LogP contribution in [-0.2, 0) is 0 Å². The second-order valence-corrected chi connectivity index (χ2v) is 3.67. The SMILES string of the molecule is O=Cc1cc([N+](=O)[O-])cc(-c2ccccc2)c1O. The van der Waals surface area contributed by atoms with Crippen LogP contribution in [0.15, 0.2) is 42.5 Å². The fraction of sp³-hybridized carbons (Fsp3) is 0. The summed E-state index contributed by atoms with van der Waals surface area (Å²) in [7, 11) is 0. The summed E-state index contributed by atoms with van der Waals surface area (Å²) in [4.78, 5) is 21.0. The van der Waals surface area contributed by atoms with Gasteiger partial charge in [-0.2, -0.15) is 0 Å². The monoisotopic (exact) mass is 243 g/mol. The quantitative estimate of drug-likeness (QED) is 0.510. The molecule has 1 N–H and O–H groups in total. The number of carbonyl (C=O) groups excluding carboxylic acids is 1. The highest BCUT2D eigenvalue weighted by molar-refractivity contribution is 5.87. The van der Waals surface area contributed by atoms with Gasteiger partial charge < -0.3 is 5.11 Å². The number of nitro groups is 1. The molecule has 2 rings (SSSR count). The van der Waals surface area contributed by atoms with Crippen LogP contribution in [0.25, 0.3) is 11.1 Å². The summed E-state index contributed by atoms with van der Waals surface area (Å²) in [5.74, 6) is -0.248. The van der Waals surface area contributed by atoms with Gasteiger partial charge in [-0.25, -0.2) is 0 Å². The second kappa shape index (κ2) is 4.67. The zero-order valence-corrected chi connectivity index (χ0v) is 9.24. The maximum absolute atomic E-state index is 10.8. The Balaban J connectivity index is 2.70. The Kier molecular flexibility index (Phi) is 3.05. The Morgan fingerprint density at radius 2 is 1.83 bits per heavy atom. The van der Waals surface area contributed by atoms with E-state index in [-0.39, 0.29) is 22.6 Å². The van der Waals surface area contributed by atoms with Gasteiger partial charge in [-0.05, 0) is 5.56 Å². The number of phenols is 1. The molecule has 0 bridgehead atoms. The maximum atomic E-state index is 10.8. The molecule has 0 spiro atoms. The first-order valence-corrected chi connectivity index (χ1v) is 5.15. The van der Waals surface area contributed by atoms with E-state index < -0.39 is 4.92 Å². The predicted molar refractivity (Wildman–Crippen MR) is 65.6 cm³/mol. The smallest absolute Gasteiger partial charge is 0.271 e. The van der Waals surface area contributed by atoms with E-state index in [1.165, 1.54) is 6.07 Å². The fourth-order valence-electron chi connectivity index (χ4n) is 1.67. The number of nitrogens with zero attached hydrogens (tertiary/aromatic N) is 1. The molecule has 0 heterocycles. The lowest BCUT2D eigenvalue weighted by Crippen LogP contribution is -1.93. The summed E-state index contributed by atoms with van der Waals surface area (Å²) in [6.07, 6.45) is 0.398. The third-order valence-corrected chi connectivity index (χ3v) is 2.55. The Morgan fingerprint density at radius 3 is 2.39 bits per heavy atom. The van der Waals surface area contributed by atoms with Crippen LogP contribution in [-0.4, -0.2) is 16.3 Å². The number of rotatable bonds is 3. The molecule has 2 aromatic rings. The van der Waals surface area contributed by atoms with Crippen LogP contribution in [0.4, 0.5) is 5.69 Å². The fourth-order valence-corrected chi connectivity index (χ4v) is 1.67. The zero-order chi connectivity index (χ0) is 13.1. The van der Waals surface area contributed by atoms with E-state index in [9.17, 15) is 20.0 Å². The van der Waals surface area contributed by atoms with Crippen molar-refractivity contribution in [2.45, 2.75) is 0 Å². The predicted octanol–water partition coefficient (Wildman–Crippen LogP) is 2.78. The van der Waals surface area contributed by atoms with E-state index in [4.69, 9.17) is 0 Å². The molecule has 0 aliphatic heterocycles. The van der Waals surface area contributed by atoms with E-state index >= 15 is 0 Å². The molecule has 0 aromatic heterocycles. The van der Waals surface area contributed by atoms with Crippen LogP contribution < -0.4 is 0 Å². The normalized spacial score (nSPS) is 10.0. The topological polar surface area (TPSA) is 80.4 Å². The van der Waals surface area contributed by atoms with Gasteiger partial charge in [0.2, 0.25) is 0 Å². The summed E-state index contributed by atoms with van der Waals surface area (Å²) in [5, 5.41) is 20.7. The molecule has 0 fully saturated rings. The van der Waals surface area contributed by atoms with Crippen molar-refractivity contribution in [1.82, 2.24) is 0 Å². The number of benzene rings is 2. The highest BCUT2D eigenvalue weighted by Crippen LogP contribution is 2.35. The molecule has 0 atom stereocenters. The highest BCUT2D eigenvalue weighted by Gasteiger charge is 2.16. The number of aldehydes is 1. The molecule has 5 nitrogen and oxygen atoms in total. The van der Waals surface area contributed by atoms with Gasteiger partial charge in [0.25, 0.3) is 5.69 Å². The van der Waals surface area contributed by atoms with Gasteiger partial charge in [0.1, 0.15) is 5.75 Å². The number of aromatic hydroxyl groups is 1. The maximum Gasteiger partial charge on any atom is 0.271 e. The molecule has 0 aliphatic rings. The summed E-state index contributed by atoms with van der Waals surface area (Å²) in [6, 6.07) is 11.0. The third-order valence-electron chi connectivity index (χ3n) is 2.55. The number of hydrogen-bond acceptors (Lipinski definition) is 4. The standard InChI is InChI=1S/C13H9NO4/c15-8-10-6-11(14(17)18)7-12(13(10)16)9-4-2-1-3-5-9/h1-8,16H. The minimum Gasteiger partial charge on any atom is -0.507 e. The molecule has 2 aromatic carbocycles.